The van der Waals surface area contributed by atoms with E-state index in [4.69, 9.17) is 0 Å². The van der Waals surface area contributed by atoms with Crippen molar-refractivity contribution < 1.29 is 15.1 Å². The standard InChI is InChI=1S/C4H3NO2.C4H10.H2O/c6-3-1-2-4(7)5-3;1-4(2)3;/h1-2H,(H,5,6,7);4H,1-3H3;1H2. The van der Waals surface area contributed by atoms with Crippen LogP contribution in [-0.2, 0) is 9.59 Å². The van der Waals surface area contributed by atoms with Crippen LogP contribution < -0.4 is 5.32 Å². The number of carbonyl (C=O) groups excluding carboxylic acids is 2. The zero-order chi connectivity index (χ0) is 8.85. The van der Waals surface area contributed by atoms with E-state index in [2.05, 4.69) is 20.8 Å². The minimum Gasteiger partial charge on any atom is -0.412 e. The van der Waals surface area contributed by atoms with Gasteiger partial charge < -0.3 is 5.48 Å². The Morgan fingerprint density at radius 3 is 1.42 bits per heavy atom. The lowest BCUT2D eigenvalue weighted by Gasteiger charge is -1.80. The molecule has 0 atom stereocenters. The second-order valence-corrected chi connectivity index (χ2v) is 2.92. The van der Waals surface area contributed by atoms with E-state index in [1.54, 1.807) is 0 Å². The molecule has 0 aromatic heterocycles. The third-order valence-electron chi connectivity index (χ3n) is 0.632. The molecular weight excluding hydrogens is 158 g/mol. The number of hydrogen-bond donors (Lipinski definition) is 1. The summed E-state index contributed by atoms with van der Waals surface area (Å²) in [6.45, 7) is 6.50. The summed E-state index contributed by atoms with van der Waals surface area (Å²) in [5.74, 6) is 0.176. The van der Waals surface area contributed by atoms with Crippen molar-refractivity contribution in [2.45, 2.75) is 20.8 Å². The monoisotopic (exact) mass is 173 g/mol. The molecule has 1 aliphatic rings. The van der Waals surface area contributed by atoms with Crippen molar-refractivity contribution in [1.82, 2.24) is 5.32 Å². The van der Waals surface area contributed by atoms with Gasteiger partial charge >= 0.3 is 0 Å². The third kappa shape index (κ3) is 8.84. The Labute approximate surface area is 72.0 Å². The molecule has 1 aliphatic heterocycles. The van der Waals surface area contributed by atoms with Gasteiger partial charge in [0.2, 0.25) is 0 Å². The first-order valence-electron chi connectivity index (χ1n) is 3.55. The fourth-order valence-electron chi connectivity index (χ4n) is 0.356. The highest BCUT2D eigenvalue weighted by molar-refractivity contribution is 6.12. The van der Waals surface area contributed by atoms with Crippen LogP contribution in [-0.4, -0.2) is 17.3 Å². The fraction of sp³-hybridized carbons (Fsp3) is 0.500. The second kappa shape index (κ2) is 6.54. The molecule has 0 fully saturated rings. The van der Waals surface area contributed by atoms with Gasteiger partial charge in [-0.2, -0.15) is 0 Å². The maximum absolute atomic E-state index is 10.0. The summed E-state index contributed by atoms with van der Waals surface area (Å²) < 4.78 is 0. The normalized spacial score (nSPS) is 13.3. The highest BCUT2D eigenvalue weighted by Crippen LogP contribution is 1.82. The topological polar surface area (TPSA) is 77.7 Å². The van der Waals surface area contributed by atoms with Crippen molar-refractivity contribution in [3.8, 4) is 0 Å². The average Bonchev–Trinajstić information content (AvgIpc) is 2.13. The van der Waals surface area contributed by atoms with E-state index in [0.717, 1.165) is 5.92 Å². The van der Waals surface area contributed by atoms with Crippen LogP contribution in [0.1, 0.15) is 20.8 Å². The van der Waals surface area contributed by atoms with Crippen LogP contribution in [0.3, 0.4) is 0 Å². The molecule has 0 aromatic rings. The Hall–Kier alpha value is -1.16. The second-order valence-electron chi connectivity index (χ2n) is 2.92. The summed E-state index contributed by atoms with van der Waals surface area (Å²) >= 11 is 0. The molecule has 70 valence electrons. The van der Waals surface area contributed by atoms with Crippen LogP contribution in [0.15, 0.2) is 12.2 Å². The summed E-state index contributed by atoms with van der Waals surface area (Å²) in [5.41, 5.74) is 0. The van der Waals surface area contributed by atoms with Crippen molar-refractivity contribution >= 4 is 11.8 Å². The summed E-state index contributed by atoms with van der Waals surface area (Å²) in [4.78, 5) is 20.1. The Balaban J connectivity index is 0. The SMILES string of the molecule is CC(C)C.O.O=C1C=CC(=O)N1. The van der Waals surface area contributed by atoms with Crippen LogP contribution in [0.25, 0.3) is 0 Å². The minimum atomic E-state index is -0.329. The molecule has 0 aromatic carbocycles. The molecule has 0 aliphatic carbocycles. The highest BCUT2D eigenvalue weighted by Gasteiger charge is 2.06. The number of amides is 2. The molecular formula is C8H15NO3. The van der Waals surface area contributed by atoms with Crippen LogP contribution >= 0.6 is 0 Å². The molecule has 0 bridgehead atoms. The van der Waals surface area contributed by atoms with Crippen LogP contribution in [0.2, 0.25) is 0 Å². The molecule has 4 heteroatoms. The van der Waals surface area contributed by atoms with Crippen molar-refractivity contribution in [2.75, 3.05) is 0 Å². The van der Waals surface area contributed by atoms with E-state index in [0.29, 0.717) is 0 Å². The van der Waals surface area contributed by atoms with Crippen LogP contribution in [0.5, 0.6) is 0 Å². The molecule has 0 radical (unpaired) electrons. The predicted molar refractivity (Wildman–Crippen MR) is 46.4 cm³/mol. The Morgan fingerprint density at radius 2 is 1.33 bits per heavy atom. The van der Waals surface area contributed by atoms with Gasteiger partial charge in [0.05, 0.1) is 0 Å². The molecule has 2 amide bonds. The van der Waals surface area contributed by atoms with E-state index >= 15 is 0 Å². The first kappa shape index (κ1) is 13.4. The highest BCUT2D eigenvalue weighted by atomic mass is 16.2. The summed E-state index contributed by atoms with van der Waals surface area (Å²) in [6, 6.07) is 0. The molecule has 1 rings (SSSR count). The summed E-state index contributed by atoms with van der Waals surface area (Å²) in [6.07, 6.45) is 2.39. The maximum atomic E-state index is 10.0. The smallest absolute Gasteiger partial charge is 0.250 e. The Kier molecular flexibility index (Phi) is 7.32. The van der Waals surface area contributed by atoms with Gasteiger partial charge in [-0.1, -0.05) is 20.8 Å². The van der Waals surface area contributed by atoms with Gasteiger partial charge in [0, 0.05) is 12.2 Å². The van der Waals surface area contributed by atoms with E-state index in [1.165, 1.54) is 12.2 Å². The van der Waals surface area contributed by atoms with Crippen molar-refractivity contribution in [3.63, 3.8) is 0 Å². The van der Waals surface area contributed by atoms with Crippen molar-refractivity contribution in [3.05, 3.63) is 12.2 Å². The zero-order valence-electron chi connectivity index (χ0n) is 7.55. The zero-order valence-corrected chi connectivity index (χ0v) is 7.55. The van der Waals surface area contributed by atoms with Gasteiger partial charge in [-0.05, 0) is 5.92 Å². The fourth-order valence-corrected chi connectivity index (χ4v) is 0.356. The lowest BCUT2D eigenvalue weighted by molar-refractivity contribution is -0.123. The van der Waals surface area contributed by atoms with E-state index in [-0.39, 0.29) is 17.3 Å². The molecule has 12 heavy (non-hydrogen) atoms. The average molecular weight is 173 g/mol. The third-order valence-corrected chi connectivity index (χ3v) is 0.632. The molecule has 0 saturated heterocycles. The summed E-state index contributed by atoms with van der Waals surface area (Å²) in [7, 11) is 0. The molecule has 4 nitrogen and oxygen atoms in total. The molecule has 0 spiro atoms. The van der Waals surface area contributed by atoms with Gasteiger partial charge in [-0.25, -0.2) is 0 Å². The Morgan fingerprint density at radius 1 is 1.08 bits per heavy atom. The van der Waals surface area contributed by atoms with Gasteiger partial charge in [0.25, 0.3) is 11.8 Å². The van der Waals surface area contributed by atoms with E-state index in [1.807, 2.05) is 5.32 Å². The largest absolute Gasteiger partial charge is 0.412 e. The molecule has 1 heterocycles. The van der Waals surface area contributed by atoms with Gasteiger partial charge in [-0.15, -0.1) is 0 Å². The number of rotatable bonds is 0. The number of hydrogen-bond acceptors (Lipinski definition) is 2. The molecule has 3 N–H and O–H groups in total. The maximum Gasteiger partial charge on any atom is 0.250 e. The Bertz CT molecular complexity index is 166. The first-order chi connectivity index (χ1) is 5.02. The van der Waals surface area contributed by atoms with Crippen molar-refractivity contribution in [1.29, 1.82) is 0 Å². The quantitative estimate of drug-likeness (QED) is 0.525. The predicted octanol–water partition coefficient (Wildman–Crippen LogP) is 0.0366. The summed E-state index contributed by atoms with van der Waals surface area (Å²) in [5, 5.41) is 2.03. The first-order valence-corrected chi connectivity index (χ1v) is 3.55. The molecule has 0 saturated carbocycles. The number of nitrogens with one attached hydrogen (secondary N) is 1. The van der Waals surface area contributed by atoms with E-state index < -0.39 is 0 Å². The lowest BCUT2D eigenvalue weighted by atomic mass is 10.3. The van der Waals surface area contributed by atoms with Crippen molar-refractivity contribution in [2.24, 2.45) is 5.92 Å². The van der Waals surface area contributed by atoms with Gasteiger partial charge in [0.15, 0.2) is 0 Å². The van der Waals surface area contributed by atoms with Gasteiger partial charge in [0.1, 0.15) is 0 Å². The molecule has 0 unspecified atom stereocenters. The van der Waals surface area contributed by atoms with Gasteiger partial charge in [-0.3, -0.25) is 14.9 Å². The van der Waals surface area contributed by atoms with E-state index in [9.17, 15) is 9.59 Å². The van der Waals surface area contributed by atoms with Crippen LogP contribution in [0.4, 0.5) is 0 Å². The van der Waals surface area contributed by atoms with Crippen LogP contribution in [0, 0.1) is 5.92 Å². The minimum absolute atomic E-state index is 0. The number of carbonyl (C=O) groups is 2. The lowest BCUT2D eigenvalue weighted by Crippen LogP contribution is -2.19. The number of imide groups is 1.